The van der Waals surface area contributed by atoms with Gasteiger partial charge in [0.1, 0.15) is 23.5 Å². The molecule has 2 aliphatic rings. The Morgan fingerprint density at radius 2 is 2.30 bits per heavy atom. The van der Waals surface area contributed by atoms with E-state index >= 15 is 0 Å². The lowest BCUT2D eigenvalue weighted by Gasteiger charge is -2.39. The maximum Gasteiger partial charge on any atom is 0.246 e. The minimum Gasteiger partial charge on any atom is -0.365 e. The molecule has 6 nitrogen and oxygen atoms in total. The van der Waals surface area contributed by atoms with Crippen molar-refractivity contribution < 1.29 is 9.18 Å². The third kappa shape index (κ3) is 3.19. The van der Waals surface area contributed by atoms with Gasteiger partial charge in [0.15, 0.2) is 0 Å². The fourth-order valence-corrected chi connectivity index (χ4v) is 4.30. The standard InChI is InChI=1S/C20H26FN5O/c1-4-13-7-6-12(10-26(13)16(27)5-2)25-19-17-14(15-8-20(15,3)21)9-22-18(17)23-11-24-19/h5,9,11-13,15H,2,4,6-8,10H2,1,3H3,(H2,22,23,24,25)/t12?,13-,15+,20?/m1/s1. The molecule has 0 aromatic carbocycles. The van der Waals surface area contributed by atoms with Crippen molar-refractivity contribution in [2.24, 2.45) is 0 Å². The first kappa shape index (κ1) is 17.9. The van der Waals surface area contributed by atoms with Gasteiger partial charge in [-0.15, -0.1) is 0 Å². The summed E-state index contributed by atoms with van der Waals surface area (Å²) < 4.78 is 14.3. The zero-order valence-electron chi connectivity index (χ0n) is 15.8. The molecule has 3 heterocycles. The topological polar surface area (TPSA) is 73.9 Å². The fourth-order valence-electron chi connectivity index (χ4n) is 4.30. The van der Waals surface area contributed by atoms with E-state index in [4.69, 9.17) is 0 Å². The number of alkyl halides is 1. The molecule has 0 bridgehead atoms. The van der Waals surface area contributed by atoms with Crippen LogP contribution in [0.15, 0.2) is 25.2 Å². The maximum absolute atomic E-state index is 14.3. The number of nitrogens with one attached hydrogen (secondary N) is 2. The third-order valence-corrected chi connectivity index (χ3v) is 6.02. The number of piperidine rings is 1. The number of hydrogen-bond donors (Lipinski definition) is 2. The number of nitrogens with zero attached hydrogens (tertiary/aromatic N) is 3. The molecular weight excluding hydrogens is 345 g/mol. The molecule has 4 rings (SSSR count). The summed E-state index contributed by atoms with van der Waals surface area (Å²) in [5, 5.41) is 4.36. The molecule has 1 saturated heterocycles. The molecule has 7 heteroatoms. The van der Waals surface area contributed by atoms with Crippen LogP contribution in [0, 0.1) is 0 Å². The van der Waals surface area contributed by atoms with Crippen molar-refractivity contribution in [2.45, 2.75) is 63.2 Å². The molecule has 144 valence electrons. The van der Waals surface area contributed by atoms with Crippen molar-refractivity contribution in [3.8, 4) is 0 Å². The lowest BCUT2D eigenvalue weighted by molar-refractivity contribution is -0.129. The van der Waals surface area contributed by atoms with Crippen LogP contribution in [-0.4, -0.2) is 50.1 Å². The van der Waals surface area contributed by atoms with Gasteiger partial charge in [-0.3, -0.25) is 4.79 Å². The number of rotatable bonds is 5. The molecule has 1 aliphatic carbocycles. The first-order chi connectivity index (χ1) is 12.9. The number of aromatic amines is 1. The minimum atomic E-state index is -1.16. The molecule has 1 aliphatic heterocycles. The number of halogens is 1. The Labute approximate surface area is 158 Å². The number of hydrogen-bond acceptors (Lipinski definition) is 4. The summed E-state index contributed by atoms with van der Waals surface area (Å²) in [4.78, 5) is 26.0. The Morgan fingerprint density at radius 3 is 2.96 bits per heavy atom. The second kappa shape index (κ2) is 6.62. The van der Waals surface area contributed by atoms with Crippen LogP contribution in [0.25, 0.3) is 11.0 Å². The van der Waals surface area contributed by atoms with Crippen LogP contribution in [0.3, 0.4) is 0 Å². The molecule has 2 N–H and O–H groups in total. The van der Waals surface area contributed by atoms with Gasteiger partial charge in [0, 0.05) is 30.7 Å². The number of likely N-dealkylation sites (tertiary alicyclic amines) is 1. The third-order valence-electron chi connectivity index (χ3n) is 6.02. The summed E-state index contributed by atoms with van der Waals surface area (Å²) in [7, 11) is 0. The number of carbonyl (C=O) groups is 1. The van der Waals surface area contributed by atoms with E-state index in [2.05, 4.69) is 33.8 Å². The minimum absolute atomic E-state index is 0.0327. The van der Waals surface area contributed by atoms with E-state index < -0.39 is 5.67 Å². The maximum atomic E-state index is 14.3. The number of carbonyl (C=O) groups excluding carboxylic acids is 1. The monoisotopic (exact) mass is 371 g/mol. The van der Waals surface area contributed by atoms with Gasteiger partial charge < -0.3 is 15.2 Å². The van der Waals surface area contributed by atoms with Gasteiger partial charge in [-0.05, 0) is 44.2 Å². The Kier molecular flexibility index (Phi) is 4.40. The van der Waals surface area contributed by atoms with Crippen LogP contribution in [0.5, 0.6) is 0 Å². The molecule has 0 radical (unpaired) electrons. The molecule has 2 unspecified atom stereocenters. The van der Waals surface area contributed by atoms with E-state index in [-0.39, 0.29) is 23.9 Å². The highest BCUT2D eigenvalue weighted by molar-refractivity contribution is 5.91. The van der Waals surface area contributed by atoms with E-state index in [1.54, 1.807) is 6.92 Å². The van der Waals surface area contributed by atoms with E-state index in [1.807, 2.05) is 11.1 Å². The van der Waals surface area contributed by atoms with Crippen LogP contribution >= 0.6 is 0 Å². The van der Waals surface area contributed by atoms with E-state index in [9.17, 15) is 9.18 Å². The summed E-state index contributed by atoms with van der Waals surface area (Å²) in [6.45, 7) is 7.98. The molecule has 27 heavy (non-hydrogen) atoms. The van der Waals surface area contributed by atoms with Gasteiger partial charge in [-0.2, -0.15) is 0 Å². The first-order valence-electron chi connectivity index (χ1n) is 9.65. The molecular formula is C20H26FN5O. The van der Waals surface area contributed by atoms with Crippen LogP contribution in [0.4, 0.5) is 10.2 Å². The smallest absolute Gasteiger partial charge is 0.246 e. The Balaban J connectivity index is 1.59. The predicted octanol–water partition coefficient (Wildman–Crippen LogP) is 3.54. The number of fused-ring (bicyclic) bond motifs is 1. The van der Waals surface area contributed by atoms with E-state index in [1.165, 1.54) is 12.4 Å². The van der Waals surface area contributed by atoms with Crippen molar-refractivity contribution in [2.75, 3.05) is 11.9 Å². The normalized spacial score (nSPS) is 30.3. The fraction of sp³-hybridized carbons (Fsp3) is 0.550. The van der Waals surface area contributed by atoms with Crippen molar-refractivity contribution in [3.63, 3.8) is 0 Å². The van der Waals surface area contributed by atoms with Crippen LogP contribution < -0.4 is 5.32 Å². The second-order valence-corrected chi connectivity index (χ2v) is 7.90. The summed E-state index contributed by atoms with van der Waals surface area (Å²) in [6, 6.07) is 0.342. The van der Waals surface area contributed by atoms with Crippen molar-refractivity contribution in [3.05, 3.63) is 30.7 Å². The second-order valence-electron chi connectivity index (χ2n) is 7.90. The molecule has 4 atom stereocenters. The molecule has 1 saturated carbocycles. The van der Waals surface area contributed by atoms with E-state index in [0.29, 0.717) is 24.4 Å². The van der Waals surface area contributed by atoms with Gasteiger partial charge in [0.25, 0.3) is 0 Å². The predicted molar refractivity (Wildman–Crippen MR) is 103 cm³/mol. The van der Waals surface area contributed by atoms with Crippen molar-refractivity contribution in [1.29, 1.82) is 0 Å². The molecule has 2 aromatic rings. The highest BCUT2D eigenvalue weighted by Crippen LogP contribution is 2.56. The van der Waals surface area contributed by atoms with Crippen molar-refractivity contribution >= 4 is 22.8 Å². The quantitative estimate of drug-likeness (QED) is 0.789. The lowest BCUT2D eigenvalue weighted by atomic mass is 9.96. The summed E-state index contributed by atoms with van der Waals surface area (Å²) in [5.41, 5.74) is 0.486. The average Bonchev–Trinajstić information content (AvgIpc) is 3.10. The number of anilines is 1. The number of aromatic nitrogens is 3. The Morgan fingerprint density at radius 1 is 1.52 bits per heavy atom. The SMILES string of the molecule is C=CC(=O)N1CC(Nc2ncnc3[nH]cc([C@@H]4CC4(C)F)c23)CC[C@H]1CC. The van der Waals surface area contributed by atoms with Gasteiger partial charge in [0.05, 0.1) is 5.39 Å². The molecule has 1 amide bonds. The molecule has 0 spiro atoms. The van der Waals surface area contributed by atoms with Gasteiger partial charge in [-0.25, -0.2) is 14.4 Å². The van der Waals surface area contributed by atoms with Crippen LogP contribution in [-0.2, 0) is 4.79 Å². The zero-order valence-corrected chi connectivity index (χ0v) is 15.8. The summed E-state index contributed by atoms with van der Waals surface area (Å²) in [6.07, 6.45) is 8.09. The van der Waals surface area contributed by atoms with Gasteiger partial charge in [-0.1, -0.05) is 13.5 Å². The van der Waals surface area contributed by atoms with Gasteiger partial charge in [0.2, 0.25) is 5.91 Å². The first-order valence-corrected chi connectivity index (χ1v) is 9.65. The summed E-state index contributed by atoms with van der Waals surface area (Å²) >= 11 is 0. The Bertz CT molecular complexity index is 876. The Hall–Kier alpha value is -2.44. The molecule has 2 aromatic heterocycles. The highest BCUT2D eigenvalue weighted by atomic mass is 19.1. The number of amides is 1. The average molecular weight is 371 g/mol. The van der Waals surface area contributed by atoms with Crippen LogP contribution in [0.2, 0.25) is 0 Å². The molecule has 2 fully saturated rings. The van der Waals surface area contributed by atoms with Gasteiger partial charge >= 0.3 is 0 Å². The zero-order chi connectivity index (χ0) is 19.2. The van der Waals surface area contributed by atoms with Crippen molar-refractivity contribution in [1.82, 2.24) is 19.9 Å². The van der Waals surface area contributed by atoms with E-state index in [0.717, 1.165) is 30.2 Å². The number of H-pyrrole nitrogens is 1. The largest absolute Gasteiger partial charge is 0.365 e. The lowest BCUT2D eigenvalue weighted by Crippen LogP contribution is -2.50. The summed E-state index contributed by atoms with van der Waals surface area (Å²) in [5.74, 6) is 0.562. The van der Waals surface area contributed by atoms with Crippen LogP contribution in [0.1, 0.15) is 51.0 Å². The highest BCUT2D eigenvalue weighted by Gasteiger charge is 2.53.